The van der Waals surface area contributed by atoms with Gasteiger partial charge in [0.05, 0.1) is 6.42 Å². The SMILES string of the molecule is CCC1CN(C(C)CC(F)(F)F)C(CC)CN1. The first kappa shape index (κ1) is 14.8. The Balaban J connectivity index is 2.62. The van der Waals surface area contributed by atoms with E-state index in [2.05, 4.69) is 12.2 Å². The van der Waals surface area contributed by atoms with E-state index in [9.17, 15) is 13.2 Å². The highest BCUT2D eigenvalue weighted by Crippen LogP contribution is 2.26. The largest absolute Gasteiger partial charge is 0.390 e. The third-order valence-corrected chi connectivity index (χ3v) is 3.60. The summed E-state index contributed by atoms with van der Waals surface area (Å²) in [6.45, 7) is 7.32. The molecule has 0 amide bonds. The van der Waals surface area contributed by atoms with Crippen LogP contribution < -0.4 is 5.32 Å². The summed E-state index contributed by atoms with van der Waals surface area (Å²) < 4.78 is 37.3. The molecule has 0 aromatic heterocycles. The molecule has 0 radical (unpaired) electrons. The number of hydrogen-bond acceptors (Lipinski definition) is 2. The maximum atomic E-state index is 12.4. The summed E-state index contributed by atoms with van der Waals surface area (Å²) in [5.41, 5.74) is 0. The number of alkyl halides is 3. The fraction of sp³-hybridized carbons (Fsp3) is 1.00. The van der Waals surface area contributed by atoms with Gasteiger partial charge in [-0.15, -0.1) is 0 Å². The molecule has 0 saturated carbocycles. The smallest absolute Gasteiger partial charge is 0.311 e. The molecule has 0 bridgehead atoms. The zero-order valence-corrected chi connectivity index (χ0v) is 10.8. The van der Waals surface area contributed by atoms with E-state index in [1.165, 1.54) is 0 Å². The maximum Gasteiger partial charge on any atom is 0.390 e. The maximum absolute atomic E-state index is 12.4. The Labute approximate surface area is 102 Å². The van der Waals surface area contributed by atoms with Crippen molar-refractivity contribution in [1.29, 1.82) is 0 Å². The van der Waals surface area contributed by atoms with E-state index in [0.29, 0.717) is 6.04 Å². The van der Waals surface area contributed by atoms with Gasteiger partial charge in [0.15, 0.2) is 0 Å². The number of nitrogens with zero attached hydrogens (tertiary/aromatic N) is 1. The highest BCUT2D eigenvalue weighted by molar-refractivity contribution is 4.88. The first-order valence-electron chi connectivity index (χ1n) is 6.43. The minimum absolute atomic E-state index is 0.232. The molecule has 1 fully saturated rings. The first-order valence-corrected chi connectivity index (χ1v) is 6.43. The number of hydrogen-bond donors (Lipinski definition) is 1. The monoisotopic (exact) mass is 252 g/mol. The normalized spacial score (nSPS) is 29.3. The molecule has 17 heavy (non-hydrogen) atoms. The standard InChI is InChI=1S/C12H23F3N2/c1-4-10-8-17(11(5-2)7-16-10)9(3)6-12(13,14)15/h9-11,16H,4-8H2,1-3H3. The van der Waals surface area contributed by atoms with Gasteiger partial charge in [0.1, 0.15) is 0 Å². The second-order valence-corrected chi connectivity index (χ2v) is 4.94. The van der Waals surface area contributed by atoms with Crippen LogP contribution in [0.5, 0.6) is 0 Å². The van der Waals surface area contributed by atoms with Crippen molar-refractivity contribution < 1.29 is 13.2 Å². The van der Waals surface area contributed by atoms with Crippen molar-refractivity contribution in [3.05, 3.63) is 0 Å². The Morgan fingerprint density at radius 1 is 1.29 bits per heavy atom. The van der Waals surface area contributed by atoms with E-state index in [-0.39, 0.29) is 6.04 Å². The molecular formula is C12H23F3N2. The van der Waals surface area contributed by atoms with Gasteiger partial charge >= 0.3 is 6.18 Å². The van der Waals surface area contributed by atoms with Crippen LogP contribution in [0, 0.1) is 0 Å². The van der Waals surface area contributed by atoms with Crippen LogP contribution in [0.25, 0.3) is 0 Å². The van der Waals surface area contributed by atoms with Gasteiger partial charge in [-0.2, -0.15) is 13.2 Å². The van der Waals surface area contributed by atoms with E-state index >= 15 is 0 Å². The van der Waals surface area contributed by atoms with Crippen molar-refractivity contribution >= 4 is 0 Å². The first-order chi connectivity index (χ1) is 7.87. The van der Waals surface area contributed by atoms with Crippen LogP contribution >= 0.6 is 0 Å². The molecule has 102 valence electrons. The van der Waals surface area contributed by atoms with E-state index in [1.807, 2.05) is 11.8 Å². The molecule has 3 atom stereocenters. The van der Waals surface area contributed by atoms with Gasteiger partial charge in [-0.05, 0) is 19.8 Å². The molecule has 2 nitrogen and oxygen atoms in total. The summed E-state index contributed by atoms with van der Waals surface area (Å²) in [6, 6.07) is 0.139. The quantitative estimate of drug-likeness (QED) is 0.827. The van der Waals surface area contributed by atoms with Crippen molar-refractivity contribution in [2.75, 3.05) is 13.1 Å². The van der Waals surface area contributed by atoms with Crippen LogP contribution in [0.1, 0.15) is 40.0 Å². The van der Waals surface area contributed by atoms with Gasteiger partial charge in [-0.25, -0.2) is 0 Å². The van der Waals surface area contributed by atoms with Crippen LogP contribution in [-0.2, 0) is 0 Å². The van der Waals surface area contributed by atoms with Crippen LogP contribution in [0.4, 0.5) is 13.2 Å². The molecule has 1 aliphatic heterocycles. The lowest BCUT2D eigenvalue weighted by Crippen LogP contribution is -2.59. The number of rotatable bonds is 4. The molecule has 0 spiro atoms. The fourth-order valence-electron chi connectivity index (χ4n) is 2.53. The Kier molecular flexibility index (Phi) is 5.25. The molecule has 1 rings (SSSR count). The average Bonchev–Trinajstić information content (AvgIpc) is 2.25. The molecule has 0 aromatic rings. The van der Waals surface area contributed by atoms with Crippen LogP contribution in [0.2, 0.25) is 0 Å². The molecule has 1 aliphatic rings. The minimum atomic E-state index is -4.07. The lowest BCUT2D eigenvalue weighted by Gasteiger charge is -2.43. The van der Waals surface area contributed by atoms with E-state index in [0.717, 1.165) is 25.9 Å². The van der Waals surface area contributed by atoms with Gasteiger partial charge < -0.3 is 5.32 Å². The van der Waals surface area contributed by atoms with Gasteiger partial charge in [-0.3, -0.25) is 4.90 Å². The van der Waals surface area contributed by atoms with Crippen LogP contribution in [0.15, 0.2) is 0 Å². The summed E-state index contributed by atoms with van der Waals surface area (Å²) in [7, 11) is 0. The molecule has 5 heteroatoms. The summed E-state index contributed by atoms with van der Waals surface area (Å²) in [5.74, 6) is 0. The Bertz CT molecular complexity index is 230. The highest BCUT2D eigenvalue weighted by Gasteiger charge is 2.36. The summed E-state index contributed by atoms with van der Waals surface area (Å²) in [6.07, 6.45) is -2.92. The van der Waals surface area contributed by atoms with Gasteiger partial charge in [0.25, 0.3) is 0 Å². The number of piperazine rings is 1. The summed E-state index contributed by atoms with van der Waals surface area (Å²) in [4.78, 5) is 2.03. The van der Waals surface area contributed by atoms with Crippen molar-refractivity contribution in [1.82, 2.24) is 10.2 Å². The zero-order valence-electron chi connectivity index (χ0n) is 10.8. The Morgan fingerprint density at radius 2 is 1.94 bits per heavy atom. The van der Waals surface area contributed by atoms with Crippen LogP contribution in [-0.4, -0.2) is 42.3 Å². The van der Waals surface area contributed by atoms with E-state index < -0.39 is 18.6 Å². The molecule has 1 saturated heterocycles. The molecular weight excluding hydrogens is 229 g/mol. The summed E-state index contributed by atoms with van der Waals surface area (Å²) in [5, 5.41) is 3.39. The lowest BCUT2D eigenvalue weighted by molar-refractivity contribution is -0.149. The Morgan fingerprint density at radius 3 is 2.41 bits per heavy atom. The van der Waals surface area contributed by atoms with Gasteiger partial charge in [-0.1, -0.05) is 13.8 Å². The van der Waals surface area contributed by atoms with E-state index in [4.69, 9.17) is 0 Å². The number of nitrogens with one attached hydrogen (secondary N) is 1. The van der Waals surface area contributed by atoms with Crippen molar-refractivity contribution in [3.8, 4) is 0 Å². The molecule has 1 heterocycles. The lowest BCUT2D eigenvalue weighted by atomic mass is 10.0. The van der Waals surface area contributed by atoms with E-state index in [1.54, 1.807) is 6.92 Å². The zero-order chi connectivity index (χ0) is 13.1. The van der Waals surface area contributed by atoms with Crippen molar-refractivity contribution in [2.45, 2.75) is 64.3 Å². The van der Waals surface area contributed by atoms with Crippen molar-refractivity contribution in [3.63, 3.8) is 0 Å². The number of halogens is 3. The second-order valence-electron chi connectivity index (χ2n) is 4.94. The predicted octanol–water partition coefficient (Wildman–Crippen LogP) is 2.79. The molecule has 0 aromatic carbocycles. The third-order valence-electron chi connectivity index (χ3n) is 3.60. The predicted molar refractivity (Wildman–Crippen MR) is 63.0 cm³/mol. The highest BCUT2D eigenvalue weighted by atomic mass is 19.4. The van der Waals surface area contributed by atoms with Crippen LogP contribution in [0.3, 0.4) is 0 Å². The second kappa shape index (κ2) is 6.05. The fourth-order valence-corrected chi connectivity index (χ4v) is 2.53. The van der Waals surface area contributed by atoms with Gasteiger partial charge in [0.2, 0.25) is 0 Å². The summed E-state index contributed by atoms with van der Waals surface area (Å²) >= 11 is 0. The van der Waals surface area contributed by atoms with Gasteiger partial charge in [0, 0.05) is 31.2 Å². The molecule has 0 aliphatic carbocycles. The topological polar surface area (TPSA) is 15.3 Å². The minimum Gasteiger partial charge on any atom is -0.311 e. The molecule has 3 unspecified atom stereocenters. The average molecular weight is 252 g/mol. The third kappa shape index (κ3) is 4.47. The Hall–Kier alpha value is -0.290. The van der Waals surface area contributed by atoms with Crippen molar-refractivity contribution in [2.24, 2.45) is 0 Å². The molecule has 1 N–H and O–H groups in total.